The lowest BCUT2D eigenvalue weighted by atomic mass is 10.3. The first-order valence-electron chi connectivity index (χ1n) is 5.36. The van der Waals surface area contributed by atoms with Crippen molar-refractivity contribution in [3.8, 4) is 0 Å². The molecule has 9 heteroatoms. The van der Waals surface area contributed by atoms with E-state index in [4.69, 9.17) is 5.73 Å². The van der Waals surface area contributed by atoms with Gasteiger partial charge in [0, 0.05) is 0 Å². The lowest BCUT2D eigenvalue weighted by Gasteiger charge is -2.11. The molecule has 0 aliphatic rings. The van der Waals surface area contributed by atoms with Gasteiger partial charge in [0.1, 0.15) is 22.2 Å². The van der Waals surface area contributed by atoms with Gasteiger partial charge in [-0.2, -0.15) is 0 Å². The first-order chi connectivity index (χ1) is 9.40. The van der Waals surface area contributed by atoms with E-state index >= 15 is 0 Å². The summed E-state index contributed by atoms with van der Waals surface area (Å²) in [5, 5.41) is -1.26. The minimum atomic E-state index is -4.20. The second-order valence-electron chi connectivity index (χ2n) is 3.75. The molecule has 2 aromatic rings. The SMILES string of the molecule is Nc1cccc(NS(=O)(=O)c2ccccc2N(F)F)n1. The van der Waals surface area contributed by atoms with Crippen molar-refractivity contribution in [2.24, 2.45) is 0 Å². The first kappa shape index (κ1) is 14.0. The van der Waals surface area contributed by atoms with Crippen molar-refractivity contribution in [3.63, 3.8) is 0 Å². The van der Waals surface area contributed by atoms with Crippen molar-refractivity contribution in [2.75, 3.05) is 15.8 Å². The van der Waals surface area contributed by atoms with Crippen LogP contribution in [0.1, 0.15) is 0 Å². The molecule has 20 heavy (non-hydrogen) atoms. The number of hydrogen-bond donors (Lipinski definition) is 2. The summed E-state index contributed by atoms with van der Waals surface area (Å²) in [5.41, 5.74) is 4.69. The van der Waals surface area contributed by atoms with Crippen LogP contribution in [0.4, 0.5) is 26.3 Å². The van der Waals surface area contributed by atoms with E-state index in [9.17, 15) is 17.4 Å². The van der Waals surface area contributed by atoms with Gasteiger partial charge in [0.05, 0.1) is 0 Å². The van der Waals surface area contributed by atoms with E-state index in [1.54, 1.807) is 0 Å². The van der Waals surface area contributed by atoms with Crippen LogP contribution in [0.25, 0.3) is 0 Å². The predicted octanol–water partition coefficient (Wildman–Crippen LogP) is 2.04. The van der Waals surface area contributed by atoms with Crippen LogP contribution in [0, 0.1) is 0 Å². The van der Waals surface area contributed by atoms with Crippen molar-refractivity contribution >= 4 is 27.3 Å². The predicted molar refractivity (Wildman–Crippen MR) is 70.6 cm³/mol. The number of hydrogen-bond acceptors (Lipinski definition) is 5. The fourth-order valence-electron chi connectivity index (χ4n) is 1.53. The Labute approximate surface area is 113 Å². The number of nitrogen functional groups attached to an aromatic ring is 1. The Balaban J connectivity index is 2.41. The number of anilines is 3. The van der Waals surface area contributed by atoms with Crippen LogP contribution >= 0.6 is 0 Å². The average Bonchev–Trinajstić information content (AvgIpc) is 2.38. The van der Waals surface area contributed by atoms with Crippen LogP contribution in [0.15, 0.2) is 47.4 Å². The Bertz CT molecular complexity index is 722. The van der Waals surface area contributed by atoms with Crippen LogP contribution in [-0.2, 0) is 10.0 Å². The Kier molecular flexibility index (Phi) is 3.70. The second kappa shape index (κ2) is 5.29. The zero-order chi connectivity index (χ0) is 14.8. The minimum absolute atomic E-state index is 0.0518. The van der Waals surface area contributed by atoms with Gasteiger partial charge in [-0.15, -0.1) is 0 Å². The number of nitrogens with two attached hydrogens (primary N) is 1. The fourth-order valence-corrected chi connectivity index (χ4v) is 2.69. The van der Waals surface area contributed by atoms with Crippen molar-refractivity contribution in [1.29, 1.82) is 0 Å². The van der Waals surface area contributed by atoms with Crippen LogP contribution in [-0.4, -0.2) is 13.4 Å². The smallest absolute Gasteiger partial charge is 0.265 e. The maximum absolute atomic E-state index is 12.7. The molecule has 0 atom stereocenters. The van der Waals surface area contributed by atoms with Gasteiger partial charge in [-0.25, -0.2) is 13.4 Å². The standard InChI is InChI=1S/C11H10F2N4O2S/c12-17(13)8-4-1-2-5-9(8)20(18,19)16-11-7-3-6-10(14)15-11/h1-7H,(H3,14,15,16). The van der Waals surface area contributed by atoms with Gasteiger partial charge >= 0.3 is 0 Å². The maximum Gasteiger partial charge on any atom is 0.265 e. The summed E-state index contributed by atoms with van der Waals surface area (Å²) in [5.74, 6) is 0.0557. The van der Waals surface area contributed by atoms with Crippen molar-refractivity contribution < 1.29 is 17.4 Å². The molecule has 3 N–H and O–H groups in total. The molecule has 0 bridgehead atoms. The average molecular weight is 300 g/mol. The quantitative estimate of drug-likeness (QED) is 0.844. The molecule has 0 saturated heterocycles. The topological polar surface area (TPSA) is 88.3 Å². The summed E-state index contributed by atoms with van der Waals surface area (Å²) >= 11 is 0. The number of pyridine rings is 1. The third-order valence-corrected chi connectivity index (χ3v) is 3.75. The molecule has 0 spiro atoms. The Morgan fingerprint density at radius 3 is 2.45 bits per heavy atom. The summed E-state index contributed by atoms with van der Waals surface area (Å²) in [6.45, 7) is 0. The van der Waals surface area contributed by atoms with E-state index in [0.717, 1.165) is 12.1 Å². The zero-order valence-corrected chi connectivity index (χ0v) is 10.8. The number of para-hydroxylation sites is 1. The highest BCUT2D eigenvalue weighted by Crippen LogP contribution is 2.27. The van der Waals surface area contributed by atoms with Crippen molar-refractivity contribution in [3.05, 3.63) is 42.5 Å². The van der Waals surface area contributed by atoms with Crippen molar-refractivity contribution in [2.45, 2.75) is 4.90 Å². The monoisotopic (exact) mass is 300 g/mol. The highest BCUT2D eigenvalue weighted by atomic mass is 32.2. The Hall–Kier alpha value is -2.42. The van der Waals surface area contributed by atoms with E-state index in [1.807, 2.05) is 0 Å². The summed E-state index contributed by atoms with van der Waals surface area (Å²) < 4.78 is 51.6. The largest absolute Gasteiger partial charge is 0.384 e. The number of nitrogens with one attached hydrogen (secondary N) is 1. The Morgan fingerprint density at radius 1 is 1.10 bits per heavy atom. The molecule has 0 aliphatic heterocycles. The molecular weight excluding hydrogens is 290 g/mol. The summed E-state index contributed by atoms with van der Waals surface area (Å²) in [6, 6.07) is 9.02. The van der Waals surface area contributed by atoms with Gasteiger partial charge in [0.15, 0.2) is 0 Å². The first-order valence-corrected chi connectivity index (χ1v) is 6.84. The van der Waals surface area contributed by atoms with Crippen LogP contribution in [0.2, 0.25) is 0 Å². The maximum atomic E-state index is 12.7. The molecular formula is C11H10F2N4O2S. The molecule has 1 heterocycles. The summed E-state index contributed by atoms with van der Waals surface area (Å²) in [4.78, 5) is 3.18. The molecule has 2 rings (SSSR count). The van der Waals surface area contributed by atoms with Gasteiger partial charge in [0.2, 0.25) is 0 Å². The zero-order valence-electron chi connectivity index (χ0n) is 9.99. The van der Waals surface area contributed by atoms with E-state index < -0.39 is 26.0 Å². The molecule has 0 radical (unpaired) electrons. The van der Waals surface area contributed by atoms with Gasteiger partial charge in [0.25, 0.3) is 10.0 Å². The molecule has 0 fully saturated rings. The third kappa shape index (κ3) is 2.94. The van der Waals surface area contributed by atoms with Crippen LogP contribution in [0.3, 0.4) is 0 Å². The van der Waals surface area contributed by atoms with Gasteiger partial charge < -0.3 is 5.73 Å². The molecule has 106 valence electrons. The van der Waals surface area contributed by atoms with E-state index in [0.29, 0.717) is 0 Å². The number of benzene rings is 1. The highest BCUT2D eigenvalue weighted by Gasteiger charge is 2.22. The van der Waals surface area contributed by atoms with Gasteiger partial charge in [-0.1, -0.05) is 27.2 Å². The lowest BCUT2D eigenvalue weighted by Crippen LogP contribution is -2.16. The van der Waals surface area contributed by atoms with E-state index in [1.165, 1.54) is 30.3 Å². The summed E-state index contributed by atoms with van der Waals surface area (Å²) in [6.07, 6.45) is 0. The molecule has 0 unspecified atom stereocenters. The number of rotatable bonds is 4. The number of aromatic nitrogens is 1. The highest BCUT2D eigenvalue weighted by molar-refractivity contribution is 7.92. The normalized spacial score (nSPS) is 11.1. The second-order valence-corrected chi connectivity index (χ2v) is 5.40. The lowest BCUT2D eigenvalue weighted by molar-refractivity contribution is 0.232. The van der Waals surface area contributed by atoms with Crippen LogP contribution < -0.4 is 15.8 Å². The van der Waals surface area contributed by atoms with Crippen LogP contribution in [0.5, 0.6) is 0 Å². The molecule has 1 aromatic heterocycles. The molecule has 0 saturated carbocycles. The number of sulfonamides is 1. The fraction of sp³-hybridized carbons (Fsp3) is 0. The molecule has 0 amide bonds. The molecule has 0 aliphatic carbocycles. The van der Waals surface area contributed by atoms with E-state index in [2.05, 4.69) is 9.71 Å². The van der Waals surface area contributed by atoms with Gasteiger partial charge in [-0.3, -0.25) is 4.72 Å². The Morgan fingerprint density at radius 2 is 1.80 bits per heavy atom. The minimum Gasteiger partial charge on any atom is -0.384 e. The van der Waals surface area contributed by atoms with E-state index in [-0.39, 0.29) is 11.6 Å². The molecule has 1 aromatic carbocycles. The number of halogens is 2. The molecule has 6 nitrogen and oxygen atoms in total. The number of nitrogens with zero attached hydrogens (tertiary/aromatic N) is 2. The van der Waals surface area contributed by atoms with Crippen molar-refractivity contribution in [1.82, 2.24) is 4.98 Å². The van der Waals surface area contributed by atoms with Gasteiger partial charge in [-0.05, 0) is 29.6 Å². The third-order valence-electron chi connectivity index (χ3n) is 2.35. The summed E-state index contributed by atoms with van der Waals surface area (Å²) in [7, 11) is -4.20.